The normalized spacial score (nSPS) is 18.0. The number of carbonyl (C=O) groups is 1. The van der Waals surface area contributed by atoms with Crippen LogP contribution < -0.4 is 4.74 Å². The fourth-order valence-electron chi connectivity index (χ4n) is 3.54. The van der Waals surface area contributed by atoms with E-state index in [0.717, 1.165) is 17.5 Å². The molecule has 4 rings (SSSR count). The van der Waals surface area contributed by atoms with Gasteiger partial charge in [0.25, 0.3) is 0 Å². The molecule has 2 aromatic rings. The Morgan fingerprint density at radius 2 is 1.73 bits per heavy atom. The quantitative estimate of drug-likeness (QED) is 0.767. The van der Waals surface area contributed by atoms with Crippen molar-refractivity contribution in [1.29, 1.82) is 0 Å². The molecule has 1 aliphatic heterocycles. The molecule has 0 atom stereocenters. The van der Waals surface area contributed by atoms with Gasteiger partial charge in [-0.05, 0) is 51.0 Å². The molecule has 2 aliphatic rings. The van der Waals surface area contributed by atoms with Gasteiger partial charge in [0.15, 0.2) is 0 Å². The van der Waals surface area contributed by atoms with Crippen molar-refractivity contribution in [3.05, 3.63) is 65.2 Å². The van der Waals surface area contributed by atoms with E-state index in [4.69, 9.17) is 14.6 Å². The van der Waals surface area contributed by atoms with Crippen molar-refractivity contribution in [3.8, 4) is 5.75 Å². The Labute approximate surface area is 178 Å². The molecule has 1 heterocycles. The first-order chi connectivity index (χ1) is 14.5. The summed E-state index contributed by atoms with van der Waals surface area (Å²) >= 11 is 0. The predicted molar refractivity (Wildman–Crippen MR) is 119 cm³/mol. The van der Waals surface area contributed by atoms with Gasteiger partial charge in [0.05, 0.1) is 12.3 Å². The summed E-state index contributed by atoms with van der Waals surface area (Å²) in [5.41, 5.74) is 3.26. The molecule has 0 saturated heterocycles. The third kappa shape index (κ3) is 4.46. The van der Waals surface area contributed by atoms with Crippen LogP contribution in [0.3, 0.4) is 0 Å². The Hall–Kier alpha value is -2.92. The van der Waals surface area contributed by atoms with Gasteiger partial charge in [-0.1, -0.05) is 38.1 Å². The first kappa shape index (κ1) is 21.8. The lowest BCUT2D eigenvalue weighted by Crippen LogP contribution is -2.34. The van der Waals surface area contributed by atoms with Gasteiger partial charge < -0.3 is 14.6 Å². The predicted octanol–water partition coefficient (Wildman–Crippen LogP) is 5.09. The minimum Gasteiger partial charge on any atom is -0.491 e. The lowest BCUT2D eigenvalue weighted by atomic mass is 9.82. The van der Waals surface area contributed by atoms with Gasteiger partial charge in [0.1, 0.15) is 29.4 Å². The van der Waals surface area contributed by atoms with Crippen molar-refractivity contribution >= 4 is 22.9 Å². The number of aliphatic hydroxyl groups is 1. The Morgan fingerprint density at radius 3 is 2.40 bits per heavy atom. The zero-order valence-corrected chi connectivity index (χ0v) is 18.1. The number of nitrogens with zero attached hydrogens (tertiary/aromatic N) is 1. The largest absolute Gasteiger partial charge is 0.491 e. The summed E-state index contributed by atoms with van der Waals surface area (Å²) in [4.78, 5) is 17.9. The fraction of sp³-hybridized carbons (Fsp3) is 0.360. The topological polar surface area (TPSA) is 68.1 Å². The highest BCUT2D eigenvalue weighted by molar-refractivity contribution is 6.54. The van der Waals surface area contributed by atoms with Crippen molar-refractivity contribution < 1.29 is 19.4 Å². The lowest BCUT2D eigenvalue weighted by Gasteiger charge is -2.36. The number of ether oxygens (including phenoxy) is 2. The Balaban J connectivity index is 0.00000124. The van der Waals surface area contributed by atoms with E-state index < -0.39 is 0 Å². The van der Waals surface area contributed by atoms with Crippen LogP contribution in [0.15, 0.2) is 59.1 Å². The van der Waals surface area contributed by atoms with Crippen LogP contribution in [0.2, 0.25) is 0 Å². The summed E-state index contributed by atoms with van der Waals surface area (Å²) in [6.07, 6.45) is 1.48. The molecule has 2 aromatic carbocycles. The molecular weight excluding hydrogens is 378 g/mol. The van der Waals surface area contributed by atoms with E-state index in [0.29, 0.717) is 34.9 Å². The molecule has 5 heteroatoms. The Bertz CT molecular complexity index is 971. The molecule has 0 bridgehead atoms. The third-order valence-corrected chi connectivity index (χ3v) is 4.98. The van der Waals surface area contributed by atoms with Gasteiger partial charge >= 0.3 is 0 Å². The van der Waals surface area contributed by atoms with Gasteiger partial charge in [0, 0.05) is 16.7 Å². The standard InChI is InChI=1S/C23H23NO4.C2H6/c1-23(2)12-11-19-21(26)20(17-5-3-4-6-18(17)22(19)28-23)24-15-7-9-16(10-8-15)27-14-13-25;1-2/h3-10,25H,11-14H2,1-2H3;1-2H3. The molecule has 0 spiro atoms. The van der Waals surface area contributed by atoms with Crippen LogP contribution >= 0.6 is 0 Å². The van der Waals surface area contributed by atoms with Gasteiger partial charge in [-0.15, -0.1) is 0 Å². The second kappa shape index (κ2) is 9.26. The molecule has 1 N–H and O–H groups in total. The first-order valence-electron chi connectivity index (χ1n) is 10.5. The summed E-state index contributed by atoms with van der Waals surface area (Å²) in [7, 11) is 0. The number of ketones is 1. The van der Waals surface area contributed by atoms with Crippen LogP contribution in [-0.2, 0) is 9.53 Å². The van der Waals surface area contributed by atoms with E-state index in [1.165, 1.54) is 0 Å². The van der Waals surface area contributed by atoms with E-state index >= 15 is 0 Å². The van der Waals surface area contributed by atoms with Crippen LogP contribution in [0, 0.1) is 0 Å². The van der Waals surface area contributed by atoms with Crippen LogP contribution in [0.25, 0.3) is 5.76 Å². The van der Waals surface area contributed by atoms with Crippen molar-refractivity contribution in [2.24, 2.45) is 4.99 Å². The molecule has 0 unspecified atom stereocenters. The van der Waals surface area contributed by atoms with Crippen molar-refractivity contribution in [2.45, 2.75) is 46.1 Å². The molecule has 0 aromatic heterocycles. The summed E-state index contributed by atoms with van der Waals surface area (Å²) < 4.78 is 11.6. The summed E-state index contributed by atoms with van der Waals surface area (Å²) in [6.45, 7) is 8.31. The third-order valence-electron chi connectivity index (χ3n) is 4.98. The Kier molecular flexibility index (Phi) is 6.73. The van der Waals surface area contributed by atoms with E-state index in [1.54, 1.807) is 24.3 Å². The van der Waals surface area contributed by atoms with Crippen LogP contribution in [0.1, 0.15) is 51.7 Å². The number of hydrogen-bond acceptors (Lipinski definition) is 5. The Morgan fingerprint density at radius 1 is 1.07 bits per heavy atom. The number of rotatable bonds is 4. The van der Waals surface area contributed by atoms with Crippen LogP contribution in [0.5, 0.6) is 5.75 Å². The van der Waals surface area contributed by atoms with E-state index in [9.17, 15) is 4.79 Å². The second-order valence-corrected chi connectivity index (χ2v) is 7.57. The number of carbonyl (C=O) groups excluding carboxylic acids is 1. The molecule has 0 fully saturated rings. The molecule has 0 saturated carbocycles. The van der Waals surface area contributed by atoms with Crippen LogP contribution in [0.4, 0.5) is 5.69 Å². The van der Waals surface area contributed by atoms with Crippen LogP contribution in [-0.4, -0.2) is 35.4 Å². The molecule has 30 heavy (non-hydrogen) atoms. The average Bonchev–Trinajstić information content (AvgIpc) is 2.77. The molecule has 5 nitrogen and oxygen atoms in total. The first-order valence-corrected chi connectivity index (χ1v) is 10.5. The maximum Gasteiger partial charge on any atom is 0.211 e. The highest BCUT2D eigenvalue weighted by Gasteiger charge is 2.38. The number of benzene rings is 2. The minimum atomic E-state index is -0.286. The minimum absolute atomic E-state index is 0.0361. The van der Waals surface area contributed by atoms with Gasteiger partial charge in [-0.2, -0.15) is 0 Å². The maximum absolute atomic E-state index is 13.2. The molecular formula is C25H29NO4. The molecule has 0 radical (unpaired) electrons. The number of hydrogen-bond donors (Lipinski definition) is 1. The fourth-order valence-corrected chi connectivity index (χ4v) is 3.54. The lowest BCUT2D eigenvalue weighted by molar-refractivity contribution is -0.110. The SMILES string of the molecule is CC.CC1(C)CCC2=C(O1)c1ccccc1C(=Nc1ccc(OCCO)cc1)C2=O. The highest BCUT2D eigenvalue weighted by atomic mass is 16.5. The monoisotopic (exact) mass is 407 g/mol. The maximum atomic E-state index is 13.2. The van der Waals surface area contributed by atoms with E-state index in [2.05, 4.69) is 4.99 Å². The second-order valence-electron chi connectivity index (χ2n) is 7.57. The van der Waals surface area contributed by atoms with Gasteiger partial charge in [-0.3, -0.25) is 4.79 Å². The smallest absolute Gasteiger partial charge is 0.211 e. The average molecular weight is 408 g/mol. The molecule has 158 valence electrons. The zero-order chi connectivity index (χ0) is 21.7. The molecule has 0 amide bonds. The van der Waals surface area contributed by atoms with Crippen molar-refractivity contribution in [2.75, 3.05) is 13.2 Å². The molecule has 1 aliphatic carbocycles. The van der Waals surface area contributed by atoms with Gasteiger partial charge in [-0.25, -0.2) is 4.99 Å². The summed E-state index contributed by atoms with van der Waals surface area (Å²) in [5.74, 6) is 1.29. The van der Waals surface area contributed by atoms with E-state index in [-0.39, 0.29) is 24.6 Å². The van der Waals surface area contributed by atoms with Gasteiger partial charge in [0.2, 0.25) is 5.78 Å². The number of aliphatic imine (C=N–C) groups is 1. The number of aliphatic hydroxyl groups excluding tert-OH is 1. The number of Topliss-reactive ketones (excluding diaryl/α,β-unsaturated/α-hetero) is 1. The summed E-state index contributed by atoms with van der Waals surface area (Å²) in [5, 5.41) is 8.85. The summed E-state index contributed by atoms with van der Waals surface area (Å²) in [6, 6.07) is 14.9. The zero-order valence-electron chi connectivity index (χ0n) is 18.1. The highest BCUT2D eigenvalue weighted by Crippen LogP contribution is 2.41. The van der Waals surface area contributed by atoms with Crippen molar-refractivity contribution in [3.63, 3.8) is 0 Å². The number of allylic oxidation sites excluding steroid dienone is 1. The van der Waals surface area contributed by atoms with E-state index in [1.807, 2.05) is 52.0 Å². The van der Waals surface area contributed by atoms with Crippen molar-refractivity contribution in [1.82, 2.24) is 0 Å². The number of fused-ring (bicyclic) bond motifs is 2.